The van der Waals surface area contributed by atoms with E-state index in [2.05, 4.69) is 339 Å². The van der Waals surface area contributed by atoms with E-state index in [1.165, 1.54) is 296 Å². The first-order chi connectivity index (χ1) is 70.0. The maximum Gasteiger partial charge on any atom is 0.192 e. The molecular formula is C140H188O3Si. The van der Waals surface area contributed by atoms with Gasteiger partial charge in [0.2, 0.25) is 0 Å². The standard InChI is InChI=1S/C140H188O3Si/c1-22-38-54-96(30-9)78-106-62-46-70-114-122(106)90-123-107(79-97(31-10)55-39-23-2)63-47-71-115(123)134(114)130-86-104(87-131(138(130)141)135-116-72-48-64-108(80-98(32-11)56-40-24-3)124(116)91-125-109(65-49-73-117(125)135)81-99(33-12)57-41-25-4)94-142-139-132(136-118-74-50-66-110(82-100(34-13)58-42-26-5)126(118)92-127-111(67-51-75-119(127)136)83-101(35-14)59-43-27-6)88-105(95-143-144(20,21)140(17,18)19)89-133(139)137-120-76-52-68-112(84-102(36-15)60-44-28-7)128(120)93-129-113(69-53-77-121(129)137)85-103(37-16)61-45-29-8/h46-53,62-77,86-93,96-103,141H,22-45,54-61,78-85,94-95H2,1-21H3. The fourth-order valence-electron chi connectivity index (χ4n) is 24.9. The first-order valence-electron chi connectivity index (χ1n) is 59.2. The van der Waals surface area contributed by atoms with Crippen LogP contribution in [0.5, 0.6) is 11.5 Å². The number of rotatable bonds is 58. The molecule has 14 aromatic carbocycles. The molecule has 14 rings (SSSR count). The van der Waals surface area contributed by atoms with Gasteiger partial charge in [-0.05, 0) is 307 Å². The molecule has 0 heterocycles. The van der Waals surface area contributed by atoms with E-state index in [0.717, 1.165) is 153 Å². The first-order valence-corrected chi connectivity index (χ1v) is 62.1. The zero-order valence-corrected chi connectivity index (χ0v) is 95.1. The number of phenols is 1. The summed E-state index contributed by atoms with van der Waals surface area (Å²) in [6, 6.07) is 79.4. The van der Waals surface area contributed by atoms with E-state index in [0.29, 0.717) is 59.7 Å². The fraction of sp³-hybridized carbons (Fsp3) is 0.514. The zero-order chi connectivity index (χ0) is 102. The fourth-order valence-corrected chi connectivity index (χ4v) is 25.8. The molecule has 0 radical (unpaired) electrons. The van der Waals surface area contributed by atoms with Gasteiger partial charge in [-0.1, -0.05) is 483 Å². The number of ether oxygens (including phenoxy) is 1. The average molecular weight is 1950 g/mol. The summed E-state index contributed by atoms with van der Waals surface area (Å²) in [7, 11) is -2.44. The molecule has 144 heavy (non-hydrogen) atoms. The van der Waals surface area contributed by atoms with Crippen molar-refractivity contribution in [3.8, 4) is 56.0 Å². The highest BCUT2D eigenvalue weighted by molar-refractivity contribution is 6.74. The van der Waals surface area contributed by atoms with Gasteiger partial charge in [0, 0.05) is 44.5 Å². The molecule has 0 fully saturated rings. The molecule has 8 atom stereocenters. The van der Waals surface area contributed by atoms with Gasteiger partial charge >= 0.3 is 0 Å². The Morgan fingerprint density at radius 3 is 0.597 bits per heavy atom. The Morgan fingerprint density at radius 1 is 0.236 bits per heavy atom. The Kier molecular flexibility index (Phi) is 40.9. The Labute approximate surface area is 875 Å². The highest BCUT2D eigenvalue weighted by Crippen LogP contribution is 2.56. The highest BCUT2D eigenvalue weighted by Gasteiger charge is 2.38. The number of hydrogen-bond donors (Lipinski definition) is 1. The molecule has 0 aliphatic heterocycles. The largest absolute Gasteiger partial charge is 0.507 e. The van der Waals surface area contributed by atoms with Crippen molar-refractivity contribution in [3.63, 3.8) is 0 Å². The van der Waals surface area contributed by atoms with Crippen molar-refractivity contribution >= 4 is 94.5 Å². The molecule has 0 saturated heterocycles. The Hall–Kier alpha value is -9.06. The van der Waals surface area contributed by atoms with Gasteiger partial charge in [-0.2, -0.15) is 0 Å². The molecule has 0 saturated carbocycles. The summed E-state index contributed by atoms with van der Waals surface area (Å²) in [5.41, 5.74) is 22.2. The molecule has 770 valence electrons. The van der Waals surface area contributed by atoms with Crippen LogP contribution in [-0.2, 0) is 69.0 Å². The Bertz CT molecular complexity index is 5870. The van der Waals surface area contributed by atoms with E-state index in [1.807, 2.05) is 0 Å². The summed E-state index contributed by atoms with van der Waals surface area (Å²) in [4.78, 5) is 0. The Morgan fingerprint density at radius 2 is 0.417 bits per heavy atom. The molecule has 8 unspecified atom stereocenters. The van der Waals surface area contributed by atoms with Gasteiger partial charge in [0.15, 0.2) is 8.32 Å². The highest BCUT2D eigenvalue weighted by atomic mass is 28.4. The topological polar surface area (TPSA) is 38.7 Å². The van der Waals surface area contributed by atoms with Gasteiger partial charge in [0.1, 0.15) is 18.1 Å². The lowest BCUT2D eigenvalue weighted by molar-refractivity contribution is 0.276. The van der Waals surface area contributed by atoms with Crippen LogP contribution in [0.15, 0.2) is 194 Å². The second-order valence-electron chi connectivity index (χ2n) is 46.5. The van der Waals surface area contributed by atoms with Crippen LogP contribution in [0.25, 0.3) is 131 Å². The molecule has 4 heteroatoms. The third kappa shape index (κ3) is 25.9. The van der Waals surface area contributed by atoms with Gasteiger partial charge in [-0.15, -0.1) is 0 Å². The summed E-state index contributed by atoms with van der Waals surface area (Å²) in [6.07, 6.45) is 46.2. The second kappa shape index (κ2) is 53.2. The minimum atomic E-state index is -2.44. The molecule has 1 N–H and O–H groups in total. The van der Waals surface area contributed by atoms with Gasteiger partial charge in [-0.3, -0.25) is 0 Å². The molecule has 0 spiro atoms. The van der Waals surface area contributed by atoms with Gasteiger partial charge in [-0.25, -0.2) is 0 Å². The van der Waals surface area contributed by atoms with Crippen LogP contribution in [-0.4, -0.2) is 13.4 Å². The number of fused-ring (bicyclic) bond motifs is 8. The van der Waals surface area contributed by atoms with Crippen molar-refractivity contribution in [2.75, 3.05) is 0 Å². The Balaban J connectivity index is 1.19. The van der Waals surface area contributed by atoms with Crippen molar-refractivity contribution < 1.29 is 14.3 Å². The first kappa shape index (κ1) is 111. The molecule has 14 aromatic rings. The summed E-state index contributed by atoms with van der Waals surface area (Å²) >= 11 is 0. The van der Waals surface area contributed by atoms with Crippen molar-refractivity contribution in [3.05, 3.63) is 250 Å². The van der Waals surface area contributed by atoms with E-state index in [9.17, 15) is 0 Å². The molecule has 0 aliphatic rings. The molecule has 0 aliphatic carbocycles. The summed E-state index contributed by atoms with van der Waals surface area (Å²) in [5, 5.41) is 35.8. The zero-order valence-electron chi connectivity index (χ0n) is 94.1. The van der Waals surface area contributed by atoms with Crippen LogP contribution >= 0.6 is 0 Å². The van der Waals surface area contributed by atoms with Gasteiger partial charge < -0.3 is 14.3 Å². The summed E-state index contributed by atoms with van der Waals surface area (Å²) in [5.74, 6) is 5.57. The van der Waals surface area contributed by atoms with Gasteiger partial charge in [0.05, 0.1) is 6.61 Å². The monoisotopic (exact) mass is 1950 g/mol. The minimum Gasteiger partial charge on any atom is -0.507 e. The smallest absolute Gasteiger partial charge is 0.192 e. The number of aromatic hydroxyl groups is 1. The van der Waals surface area contributed by atoms with Crippen LogP contribution in [0, 0.1) is 47.3 Å². The summed E-state index contributed by atoms with van der Waals surface area (Å²) < 4.78 is 16.7. The third-order valence-electron chi connectivity index (χ3n) is 35.5. The van der Waals surface area contributed by atoms with Crippen LogP contribution in [0.2, 0.25) is 18.1 Å². The predicted octanol–water partition coefficient (Wildman–Crippen LogP) is 43.5. The number of benzene rings is 14. The molecule has 0 bridgehead atoms. The molecule has 0 aromatic heterocycles. The maximum atomic E-state index is 15.3. The normalized spacial score (nSPS) is 14.0. The third-order valence-corrected chi connectivity index (χ3v) is 40.0. The lowest BCUT2D eigenvalue weighted by atomic mass is 9.81. The lowest BCUT2D eigenvalue weighted by Gasteiger charge is -2.36. The second-order valence-corrected chi connectivity index (χ2v) is 51.3. The predicted molar refractivity (Wildman–Crippen MR) is 639 cm³/mol. The molecule has 0 amide bonds. The maximum absolute atomic E-state index is 15.3. The SMILES string of the molecule is CCCCC(CC)Cc1cccc2c(-c3cc(COc4c(-c5c6cccc(CC(CC)CCCC)c6cc6c(CC(CC)CCCC)cccc56)cc(CO[Si](C)(C)C(C)(C)C)cc4-c4c5cccc(CC(CC)CCCC)c5cc5c(CC(CC)CCCC)cccc45)cc(-c4c5cccc(CC(CC)CCCC)c5cc5c(CC(CC)CCCC)cccc45)c3O)c3cccc(CC(CC)CCCC)c3cc12. The molecular weight excluding hydrogens is 1760 g/mol. The van der Waals surface area contributed by atoms with Crippen molar-refractivity contribution in [2.45, 2.75) is 420 Å². The summed E-state index contributed by atoms with van der Waals surface area (Å²) in [6.45, 7) is 51.2. The van der Waals surface area contributed by atoms with Crippen LogP contribution in [0.4, 0.5) is 0 Å². The van der Waals surface area contributed by atoms with E-state index in [4.69, 9.17) is 9.16 Å². The van der Waals surface area contributed by atoms with Crippen molar-refractivity contribution in [1.82, 2.24) is 0 Å². The number of unbranched alkanes of at least 4 members (excludes halogenated alkanes) is 8. The van der Waals surface area contributed by atoms with E-state index < -0.39 is 8.32 Å². The van der Waals surface area contributed by atoms with Crippen LogP contribution in [0.3, 0.4) is 0 Å². The van der Waals surface area contributed by atoms with E-state index >= 15 is 5.11 Å². The van der Waals surface area contributed by atoms with E-state index in [-0.39, 0.29) is 11.6 Å². The average Bonchev–Trinajstić information content (AvgIpc) is 0.723. The number of hydrogen-bond acceptors (Lipinski definition) is 3. The van der Waals surface area contributed by atoms with Crippen LogP contribution in [0.1, 0.15) is 393 Å². The molecule has 3 nitrogen and oxygen atoms in total. The van der Waals surface area contributed by atoms with Crippen molar-refractivity contribution in [1.29, 1.82) is 0 Å². The van der Waals surface area contributed by atoms with E-state index in [1.54, 1.807) is 0 Å². The number of phenolic OH excluding ortho intramolecular Hbond substituents is 1. The lowest BCUT2D eigenvalue weighted by Crippen LogP contribution is -2.40. The van der Waals surface area contributed by atoms with Crippen LogP contribution < -0.4 is 4.74 Å². The van der Waals surface area contributed by atoms with Gasteiger partial charge in [0.25, 0.3) is 0 Å². The quantitative estimate of drug-likeness (QED) is 0.0305. The minimum absolute atomic E-state index is 0.0496. The van der Waals surface area contributed by atoms with Crippen molar-refractivity contribution in [2.24, 2.45) is 47.3 Å².